The molecule has 1 aliphatic heterocycles. The van der Waals surface area contributed by atoms with Crippen molar-refractivity contribution >= 4 is 44.3 Å². The van der Waals surface area contributed by atoms with Crippen molar-refractivity contribution in [2.75, 3.05) is 19.0 Å². The fraction of sp³-hybridized carbons (Fsp3) is 0.442. The van der Waals surface area contributed by atoms with Crippen molar-refractivity contribution in [2.45, 2.75) is 94.4 Å². The van der Waals surface area contributed by atoms with Crippen LogP contribution < -0.4 is 24.8 Å². The van der Waals surface area contributed by atoms with E-state index < -0.39 is 73.9 Å². The number of carbonyl (C=O) groups excluding carboxylic acids is 3. The van der Waals surface area contributed by atoms with Gasteiger partial charge in [0.1, 0.15) is 35.2 Å². The van der Waals surface area contributed by atoms with Crippen molar-refractivity contribution in [3.8, 4) is 22.8 Å². The fourth-order valence-corrected chi connectivity index (χ4v) is 9.08. The van der Waals surface area contributed by atoms with Gasteiger partial charge in [-0.2, -0.15) is 13.2 Å². The number of amides is 3. The first kappa shape index (κ1) is 41.8. The van der Waals surface area contributed by atoms with Gasteiger partial charge in [-0.15, -0.1) is 0 Å². The van der Waals surface area contributed by atoms with Crippen LogP contribution in [0.2, 0.25) is 0 Å². The lowest BCUT2D eigenvalue weighted by atomic mass is 10.0. The van der Waals surface area contributed by atoms with Crippen LogP contribution in [0.3, 0.4) is 0 Å². The molecule has 2 saturated carbocycles. The molecule has 5 atom stereocenters. The van der Waals surface area contributed by atoms with Crippen LogP contribution in [0.4, 0.5) is 18.9 Å². The molecule has 0 spiro atoms. The Morgan fingerprint density at radius 2 is 1.73 bits per heavy atom. The van der Waals surface area contributed by atoms with Gasteiger partial charge in [-0.05, 0) is 68.4 Å². The number of methoxy groups -OCH3 is 1. The number of ether oxygens (including phenoxy) is 2. The molecule has 59 heavy (non-hydrogen) atoms. The first-order chi connectivity index (χ1) is 27.9. The number of halogens is 3. The smallest absolute Gasteiger partial charge is 0.416 e. The molecule has 3 aromatic carbocycles. The number of fused-ring (bicyclic) bond motifs is 1. The predicted molar refractivity (Wildman–Crippen MR) is 216 cm³/mol. The molecule has 16 heteroatoms. The minimum absolute atomic E-state index is 0.0164. The number of nitrogens with one attached hydrogen (secondary N) is 3. The van der Waals surface area contributed by atoms with E-state index in [0.717, 1.165) is 17.7 Å². The topological polar surface area (TPSA) is 156 Å². The van der Waals surface area contributed by atoms with Crippen LogP contribution >= 0.6 is 0 Å². The van der Waals surface area contributed by atoms with E-state index in [9.17, 15) is 36.0 Å². The number of nitrogens with zero attached hydrogens (tertiary/aromatic N) is 2. The van der Waals surface area contributed by atoms with Gasteiger partial charge in [0.05, 0.1) is 35.2 Å². The number of hydrogen-bond acceptors (Lipinski definition) is 9. The van der Waals surface area contributed by atoms with Gasteiger partial charge in [-0.1, -0.05) is 63.6 Å². The minimum Gasteiger partial charge on any atom is -0.497 e. The highest BCUT2D eigenvalue weighted by atomic mass is 32.2. The number of carbonyl (C=O) groups is 3. The Balaban J connectivity index is 1.22. The lowest BCUT2D eigenvalue weighted by molar-refractivity contribution is -0.140. The van der Waals surface area contributed by atoms with E-state index in [1.807, 2.05) is 37.3 Å². The zero-order chi connectivity index (χ0) is 42.5. The number of benzene rings is 3. The SMILES string of the molecule is CCC1CC1(NC(=O)C1CC(Oc2cc(-c3ccccc3)nc3cc(OC)ccc23)CN1C(=O)C(Nc1cccc(C(F)(F)F)c1)C(C)C)C(=O)NS(=O)(=O)C1(C)CC1. The molecule has 3 aliphatic rings. The maximum Gasteiger partial charge on any atom is 0.416 e. The van der Waals surface area contributed by atoms with Crippen molar-refractivity contribution in [3.05, 3.63) is 84.4 Å². The summed E-state index contributed by atoms with van der Waals surface area (Å²) in [7, 11) is -2.47. The summed E-state index contributed by atoms with van der Waals surface area (Å²) in [6.07, 6.45) is -3.90. The second kappa shape index (κ2) is 15.7. The lowest BCUT2D eigenvalue weighted by Gasteiger charge is -2.32. The van der Waals surface area contributed by atoms with Crippen LogP contribution in [-0.4, -0.2) is 78.2 Å². The highest BCUT2D eigenvalue weighted by molar-refractivity contribution is 7.91. The van der Waals surface area contributed by atoms with E-state index in [1.54, 1.807) is 52.1 Å². The van der Waals surface area contributed by atoms with Crippen LogP contribution in [0.1, 0.15) is 65.4 Å². The average Bonchev–Trinajstić information content (AvgIpc) is 4.09. The van der Waals surface area contributed by atoms with E-state index in [1.165, 1.54) is 17.0 Å². The zero-order valence-corrected chi connectivity index (χ0v) is 34.2. The van der Waals surface area contributed by atoms with Crippen molar-refractivity contribution in [3.63, 3.8) is 0 Å². The molecule has 4 aromatic rings. The summed E-state index contributed by atoms with van der Waals surface area (Å²) in [6.45, 7) is 6.78. The summed E-state index contributed by atoms with van der Waals surface area (Å²) in [6, 6.07) is 18.9. The van der Waals surface area contributed by atoms with Crippen LogP contribution in [-0.2, 0) is 30.6 Å². The maximum absolute atomic E-state index is 14.7. The molecule has 1 aromatic heterocycles. The zero-order valence-electron chi connectivity index (χ0n) is 33.4. The van der Waals surface area contributed by atoms with E-state index in [-0.39, 0.29) is 31.0 Å². The lowest BCUT2D eigenvalue weighted by Crippen LogP contribution is -2.58. The van der Waals surface area contributed by atoms with Gasteiger partial charge < -0.3 is 25.0 Å². The Morgan fingerprint density at radius 3 is 2.36 bits per heavy atom. The number of likely N-dealkylation sites (tertiary alicyclic amines) is 1. The van der Waals surface area contributed by atoms with E-state index in [2.05, 4.69) is 15.4 Å². The molecular formula is C43H48F3N5O7S. The molecule has 3 amide bonds. The van der Waals surface area contributed by atoms with Gasteiger partial charge in [-0.25, -0.2) is 13.4 Å². The number of hydrogen-bond donors (Lipinski definition) is 3. The first-order valence-corrected chi connectivity index (χ1v) is 21.2. The summed E-state index contributed by atoms with van der Waals surface area (Å²) in [5, 5.41) is 6.48. The number of alkyl halides is 3. The third-order valence-corrected chi connectivity index (χ3v) is 14.0. The van der Waals surface area contributed by atoms with Crippen LogP contribution in [0.15, 0.2) is 78.9 Å². The third-order valence-electron chi connectivity index (χ3n) is 11.8. The Hall–Kier alpha value is -5.38. The number of aromatic nitrogens is 1. The molecule has 0 radical (unpaired) electrons. The Kier molecular flexibility index (Phi) is 11.1. The monoisotopic (exact) mass is 835 g/mol. The Bertz CT molecular complexity index is 2370. The van der Waals surface area contributed by atoms with Crippen molar-refractivity contribution in [2.24, 2.45) is 11.8 Å². The van der Waals surface area contributed by atoms with Crippen LogP contribution in [0, 0.1) is 11.8 Å². The fourth-order valence-electron chi connectivity index (χ4n) is 7.76. The number of pyridine rings is 1. The largest absolute Gasteiger partial charge is 0.497 e. The van der Waals surface area contributed by atoms with Gasteiger partial charge in [0.15, 0.2) is 0 Å². The van der Waals surface area contributed by atoms with Crippen LogP contribution in [0.5, 0.6) is 11.5 Å². The third kappa shape index (κ3) is 8.41. The minimum atomic E-state index is -4.61. The standard InChI is InChI=1S/C43H48F3N5O7S/c1-6-27-23-42(27,40(54)50-59(55,56)41(4)17-18-41)49-38(52)35-21-31(24-51(35)39(53)37(25(2)3)47-29-14-10-13-28(19-29)43(44,45)46)58-36-22-33(26-11-8-7-9-12-26)48-34-20-30(57-5)15-16-32(34)36/h7-16,19-20,22,25,27,31,35,37,47H,6,17-18,21,23-24H2,1-5H3,(H,49,52)(H,50,54). The second-order valence-electron chi connectivity index (χ2n) is 16.3. The number of sulfonamides is 1. The summed E-state index contributed by atoms with van der Waals surface area (Å²) in [5.41, 5.74) is -0.340. The molecule has 3 N–H and O–H groups in total. The van der Waals surface area contributed by atoms with Gasteiger partial charge in [-0.3, -0.25) is 19.1 Å². The summed E-state index contributed by atoms with van der Waals surface area (Å²) >= 11 is 0. The molecule has 1 saturated heterocycles. The predicted octanol–water partition coefficient (Wildman–Crippen LogP) is 6.70. The number of rotatable bonds is 14. The summed E-state index contributed by atoms with van der Waals surface area (Å²) in [4.78, 5) is 49.2. The van der Waals surface area contributed by atoms with Crippen molar-refractivity contribution in [1.29, 1.82) is 0 Å². The highest BCUT2D eigenvalue weighted by Crippen LogP contribution is 2.48. The molecule has 2 heterocycles. The first-order valence-electron chi connectivity index (χ1n) is 19.7. The maximum atomic E-state index is 14.7. The normalized spacial score (nSPS) is 22.7. The van der Waals surface area contributed by atoms with E-state index in [4.69, 9.17) is 14.5 Å². The molecule has 314 valence electrons. The molecule has 7 rings (SSSR count). The summed E-state index contributed by atoms with van der Waals surface area (Å²) in [5.74, 6) is -1.87. The molecule has 0 bridgehead atoms. The van der Waals surface area contributed by atoms with Crippen LogP contribution in [0.25, 0.3) is 22.2 Å². The molecule has 2 aliphatic carbocycles. The molecule has 12 nitrogen and oxygen atoms in total. The van der Waals surface area contributed by atoms with E-state index in [0.29, 0.717) is 47.4 Å². The molecular weight excluding hydrogens is 788 g/mol. The second-order valence-corrected chi connectivity index (χ2v) is 18.5. The highest BCUT2D eigenvalue weighted by Gasteiger charge is 2.63. The van der Waals surface area contributed by atoms with Crippen molar-refractivity contribution in [1.82, 2.24) is 19.9 Å². The van der Waals surface area contributed by atoms with Gasteiger partial charge in [0.2, 0.25) is 21.8 Å². The van der Waals surface area contributed by atoms with Crippen molar-refractivity contribution < 1.29 is 45.4 Å². The average molecular weight is 836 g/mol. The van der Waals surface area contributed by atoms with E-state index >= 15 is 0 Å². The van der Waals surface area contributed by atoms with Gasteiger partial charge in [0.25, 0.3) is 5.91 Å². The number of anilines is 1. The molecule has 3 fully saturated rings. The van der Waals surface area contributed by atoms with Gasteiger partial charge in [0, 0.05) is 35.2 Å². The quantitative estimate of drug-likeness (QED) is 0.126. The summed E-state index contributed by atoms with van der Waals surface area (Å²) < 4.78 is 80.5. The Morgan fingerprint density at radius 1 is 1.00 bits per heavy atom. The van der Waals surface area contributed by atoms with Gasteiger partial charge >= 0.3 is 6.18 Å². The Labute approximate surface area is 341 Å². The molecule has 5 unspecified atom stereocenters.